The van der Waals surface area contributed by atoms with Crippen molar-refractivity contribution < 1.29 is 71.6 Å². The molecular formula is C86H133N13O15. The van der Waals surface area contributed by atoms with Gasteiger partial charge < -0.3 is 75.5 Å². The molecule has 2 aliphatic carbocycles. The molecular weight excluding hydrogens is 1460 g/mol. The molecule has 0 bridgehead atoms. The molecule has 9 rings (SSSR count). The number of fused-ring (bicyclic) bond motifs is 6. The minimum Gasteiger partial charge on any atom is -0.382 e. The topological polar surface area (TPSA) is 380 Å². The minimum absolute atomic E-state index is 0.0149. The monoisotopic (exact) mass is 1590 g/mol. The molecule has 632 valence electrons. The summed E-state index contributed by atoms with van der Waals surface area (Å²) in [6.07, 6.45) is 25.8. The predicted octanol–water partition coefficient (Wildman–Crippen LogP) is 12.1. The number of nitrogens with two attached hydrogens (primary N) is 3. The highest BCUT2D eigenvalue weighted by atomic mass is 16.7. The summed E-state index contributed by atoms with van der Waals surface area (Å²) < 4.78 is 37.5. The molecule has 0 atom stereocenters. The SMILES string of the molecule is CCCCCN.CCCCCNC(=O)CCOCCOCCOCCCC(=O)C1CCC(C(=O)NCCCCn2c(CCCC)nc3c(N)nc4ccccc4c32)CC1.CCCCc1nc2c(N)nc3ccccc3c2n1CCCCCC(=O)C1CCC(C(=O)NCCOCCOCCOCCC(=O)ON2C(=O)CCC2=O)CC1. The van der Waals surface area contributed by atoms with E-state index in [1.165, 1.54) is 19.3 Å². The number of pyridine rings is 2. The van der Waals surface area contributed by atoms with Crippen molar-refractivity contribution in [2.24, 2.45) is 29.4 Å². The maximum atomic E-state index is 13.1. The molecule has 9 N–H and O–H groups in total. The third-order valence-electron chi connectivity index (χ3n) is 21.2. The van der Waals surface area contributed by atoms with E-state index >= 15 is 0 Å². The van der Waals surface area contributed by atoms with Crippen molar-refractivity contribution in [3.8, 4) is 0 Å². The lowest BCUT2D eigenvalue weighted by atomic mass is 9.78. The zero-order chi connectivity index (χ0) is 81.5. The Balaban J connectivity index is 0.000000295. The number of imidazole rings is 2. The van der Waals surface area contributed by atoms with Crippen LogP contribution in [-0.2, 0) is 97.5 Å². The molecule has 0 unspecified atom stereocenters. The number of nitrogen functional groups attached to an aromatic ring is 2. The van der Waals surface area contributed by atoms with Crippen molar-refractivity contribution in [1.82, 2.24) is 50.1 Å². The van der Waals surface area contributed by atoms with Gasteiger partial charge in [-0.3, -0.25) is 33.6 Å². The molecule has 0 spiro atoms. The number of imide groups is 1. The Labute approximate surface area is 673 Å². The molecule has 5 amide bonds. The summed E-state index contributed by atoms with van der Waals surface area (Å²) in [5.41, 5.74) is 23.3. The molecule has 4 aromatic heterocycles. The molecule has 28 nitrogen and oxygen atoms in total. The Hall–Kier alpha value is -8.12. The van der Waals surface area contributed by atoms with Crippen LogP contribution in [0.2, 0.25) is 0 Å². The summed E-state index contributed by atoms with van der Waals surface area (Å²) in [5.74, 6) is 2.02. The summed E-state index contributed by atoms with van der Waals surface area (Å²) in [6, 6.07) is 16.2. The lowest BCUT2D eigenvalue weighted by Crippen LogP contribution is -2.36. The number of hydrogen-bond donors (Lipinski definition) is 6. The van der Waals surface area contributed by atoms with Crippen molar-refractivity contribution >= 4 is 103 Å². The number of carbonyl (C=O) groups is 8. The number of aryl methyl sites for hydroxylation is 4. The van der Waals surface area contributed by atoms with E-state index in [0.29, 0.717) is 127 Å². The fourth-order valence-electron chi connectivity index (χ4n) is 14.6. The van der Waals surface area contributed by atoms with Crippen LogP contribution in [0.4, 0.5) is 11.6 Å². The predicted molar refractivity (Wildman–Crippen MR) is 442 cm³/mol. The first-order chi connectivity index (χ1) is 55.6. The van der Waals surface area contributed by atoms with Crippen LogP contribution >= 0.6 is 0 Å². The van der Waals surface area contributed by atoms with Gasteiger partial charge in [0.25, 0.3) is 11.8 Å². The molecule has 6 aromatic rings. The summed E-state index contributed by atoms with van der Waals surface area (Å²) >= 11 is 0. The van der Waals surface area contributed by atoms with Crippen LogP contribution in [0.1, 0.15) is 232 Å². The second kappa shape index (κ2) is 53.9. The van der Waals surface area contributed by atoms with Gasteiger partial charge in [0.2, 0.25) is 17.7 Å². The highest BCUT2D eigenvalue weighted by Gasteiger charge is 2.34. The fraction of sp³-hybridized carbons (Fsp3) is 0.674. The fourth-order valence-corrected chi connectivity index (χ4v) is 14.6. The normalized spacial score (nSPS) is 16.3. The van der Waals surface area contributed by atoms with Crippen molar-refractivity contribution in [2.75, 3.05) is 117 Å². The number of carbonyl (C=O) groups excluding carboxylic acids is 8. The number of hydroxylamine groups is 2. The number of aromatic nitrogens is 6. The Kier molecular flexibility index (Phi) is 44.0. The number of rotatable bonds is 54. The van der Waals surface area contributed by atoms with E-state index < -0.39 is 17.8 Å². The van der Waals surface area contributed by atoms with E-state index in [1.807, 2.05) is 36.4 Å². The van der Waals surface area contributed by atoms with Gasteiger partial charge in [-0.05, 0) is 128 Å². The number of benzene rings is 2. The molecule has 2 saturated carbocycles. The lowest BCUT2D eigenvalue weighted by molar-refractivity contribution is -0.198. The number of hydrogen-bond acceptors (Lipinski definition) is 22. The van der Waals surface area contributed by atoms with Gasteiger partial charge in [-0.2, -0.15) is 0 Å². The Morgan fingerprint density at radius 2 is 0.833 bits per heavy atom. The number of Topliss-reactive ketones (excluding diaryl/α,β-unsaturated/α-hetero) is 2. The molecule has 114 heavy (non-hydrogen) atoms. The number of unbranched alkanes of at least 4 members (excludes halogenated alkanes) is 9. The van der Waals surface area contributed by atoms with Gasteiger partial charge in [-0.15, -0.1) is 5.06 Å². The second-order valence-electron chi connectivity index (χ2n) is 30.0. The zero-order valence-corrected chi connectivity index (χ0v) is 68.8. The van der Waals surface area contributed by atoms with Crippen LogP contribution in [0, 0.1) is 23.7 Å². The number of nitrogens with zero attached hydrogens (tertiary/aromatic N) is 7. The summed E-state index contributed by atoms with van der Waals surface area (Å²) in [7, 11) is 0. The minimum atomic E-state index is -0.710. The summed E-state index contributed by atoms with van der Waals surface area (Å²) in [6.45, 7) is 17.4. The maximum Gasteiger partial charge on any atom is 0.335 e. The summed E-state index contributed by atoms with van der Waals surface area (Å²) in [4.78, 5) is 122. The third-order valence-corrected chi connectivity index (χ3v) is 21.2. The first-order valence-corrected chi connectivity index (χ1v) is 42.8. The van der Waals surface area contributed by atoms with Crippen molar-refractivity contribution in [1.29, 1.82) is 0 Å². The molecule has 1 aliphatic heterocycles. The quantitative estimate of drug-likeness (QED) is 0.0153. The van der Waals surface area contributed by atoms with Crippen LogP contribution in [0.15, 0.2) is 48.5 Å². The molecule has 2 aromatic carbocycles. The van der Waals surface area contributed by atoms with Crippen LogP contribution in [0.3, 0.4) is 0 Å². The van der Waals surface area contributed by atoms with Crippen LogP contribution < -0.4 is 33.2 Å². The first-order valence-electron chi connectivity index (χ1n) is 42.8. The lowest BCUT2D eigenvalue weighted by Gasteiger charge is -2.27. The highest BCUT2D eigenvalue weighted by molar-refractivity contribution is 6.08. The maximum absolute atomic E-state index is 13.1. The average molecular weight is 1590 g/mol. The van der Waals surface area contributed by atoms with Crippen LogP contribution in [0.5, 0.6) is 0 Å². The highest BCUT2D eigenvalue weighted by Crippen LogP contribution is 2.35. The summed E-state index contributed by atoms with van der Waals surface area (Å²) in [5, 5.41) is 11.7. The Morgan fingerprint density at radius 3 is 1.32 bits per heavy atom. The molecule has 28 heteroatoms. The molecule has 1 saturated heterocycles. The van der Waals surface area contributed by atoms with Gasteiger partial charge in [0, 0.05) is 119 Å². The first kappa shape index (κ1) is 93.0. The number of amides is 5. The molecule has 5 heterocycles. The second-order valence-corrected chi connectivity index (χ2v) is 30.0. The number of anilines is 2. The Bertz CT molecular complexity index is 3870. The van der Waals surface area contributed by atoms with Crippen molar-refractivity contribution in [3.63, 3.8) is 0 Å². The van der Waals surface area contributed by atoms with Crippen molar-refractivity contribution in [3.05, 3.63) is 60.2 Å². The van der Waals surface area contributed by atoms with E-state index in [0.717, 1.165) is 223 Å². The average Bonchev–Trinajstić information content (AvgIpc) is 1.58. The van der Waals surface area contributed by atoms with Gasteiger partial charge in [0.1, 0.15) is 34.2 Å². The van der Waals surface area contributed by atoms with E-state index in [-0.39, 0.29) is 79.7 Å². The van der Waals surface area contributed by atoms with E-state index in [4.69, 9.17) is 60.4 Å². The van der Waals surface area contributed by atoms with E-state index in [2.05, 4.69) is 74.9 Å². The Morgan fingerprint density at radius 1 is 0.421 bits per heavy atom. The van der Waals surface area contributed by atoms with Crippen LogP contribution in [-0.4, -0.2) is 187 Å². The number of para-hydroxylation sites is 2. The number of nitrogens with one attached hydrogen (secondary N) is 3. The van der Waals surface area contributed by atoms with Gasteiger partial charge in [0.05, 0.1) is 101 Å². The van der Waals surface area contributed by atoms with E-state index in [1.54, 1.807) is 0 Å². The molecule has 3 fully saturated rings. The zero-order valence-electron chi connectivity index (χ0n) is 68.8. The smallest absolute Gasteiger partial charge is 0.335 e. The van der Waals surface area contributed by atoms with Crippen LogP contribution in [0.25, 0.3) is 43.9 Å². The van der Waals surface area contributed by atoms with Gasteiger partial charge in [0.15, 0.2) is 11.6 Å². The number of ketones is 2. The van der Waals surface area contributed by atoms with E-state index in [9.17, 15) is 38.4 Å². The van der Waals surface area contributed by atoms with Gasteiger partial charge in [-0.1, -0.05) is 109 Å². The molecule has 0 radical (unpaired) electrons. The van der Waals surface area contributed by atoms with Gasteiger partial charge >= 0.3 is 5.97 Å². The largest absolute Gasteiger partial charge is 0.382 e. The van der Waals surface area contributed by atoms with Gasteiger partial charge in [-0.25, -0.2) is 24.7 Å². The standard InChI is InChI=1S/C41H64N6O6.C40H56N6O9.C5H13N/c1-3-5-9-22-43-37(49)21-26-52-28-30-53-29-27-51-25-12-15-35(48)31-17-19-32(20-18-31)41(50)44-23-10-11-24-47-36(16-6-4-2)46-38-39(47)33-13-7-8-14-34(33)45-40(38)42;1-2-3-12-33-44-37-38(30-9-6-7-10-31(30)43-39(37)41)45(33)21-8-4-5-11-32(47)28-13-15-29(16-14-28)40(51)42-20-23-53-25-27-54-26-24-52-22-19-36(50)55-46-34(48)17-18-35(46)49;1-2-3-4-5-6/h7-8,13-14,31-32H,3-6,9-12,15-30H2,1-2H3,(H2,42,45)(H,43,49)(H,44,50);6-7,9-10,28-29H,2-5,8,11-27H2,1H3,(H2,41,43)(H,42,51);2-6H2,1H3. The number of ether oxygens (including phenoxy) is 6. The van der Waals surface area contributed by atoms with Crippen molar-refractivity contribution in [2.45, 2.75) is 246 Å². The third kappa shape index (κ3) is 31.8. The molecule has 3 aliphatic rings.